The van der Waals surface area contributed by atoms with Crippen molar-refractivity contribution < 1.29 is 9.59 Å². The number of amides is 1. The third-order valence-corrected chi connectivity index (χ3v) is 5.54. The number of thioether (sulfide) groups is 1. The minimum absolute atomic E-state index is 0.0192. The SMILES string of the molecule is CC(C)(C)C(=O)Nc1ccc(C(=O)CSc2ncnc3sccc23)cc1. The number of nitrogens with one attached hydrogen (secondary N) is 1. The van der Waals surface area contributed by atoms with E-state index in [1.165, 1.54) is 18.1 Å². The van der Waals surface area contributed by atoms with Gasteiger partial charge in [-0.2, -0.15) is 0 Å². The predicted molar refractivity (Wildman–Crippen MR) is 107 cm³/mol. The van der Waals surface area contributed by atoms with Gasteiger partial charge < -0.3 is 5.32 Å². The third kappa shape index (κ3) is 4.28. The summed E-state index contributed by atoms with van der Waals surface area (Å²) in [4.78, 5) is 33.9. The van der Waals surface area contributed by atoms with Crippen LogP contribution < -0.4 is 5.32 Å². The van der Waals surface area contributed by atoms with Crippen molar-refractivity contribution in [3.63, 3.8) is 0 Å². The molecule has 0 saturated carbocycles. The van der Waals surface area contributed by atoms with Crippen molar-refractivity contribution >= 4 is 50.7 Å². The zero-order valence-corrected chi connectivity index (χ0v) is 16.4. The van der Waals surface area contributed by atoms with E-state index in [4.69, 9.17) is 0 Å². The van der Waals surface area contributed by atoms with E-state index in [1.54, 1.807) is 35.6 Å². The molecule has 1 aromatic carbocycles. The van der Waals surface area contributed by atoms with Crippen molar-refractivity contribution in [2.24, 2.45) is 5.41 Å². The number of carbonyl (C=O) groups is 2. The summed E-state index contributed by atoms with van der Waals surface area (Å²) in [6, 6.07) is 8.95. The monoisotopic (exact) mass is 385 g/mol. The van der Waals surface area contributed by atoms with Crippen LogP contribution in [-0.4, -0.2) is 27.4 Å². The highest BCUT2D eigenvalue weighted by atomic mass is 32.2. The maximum absolute atomic E-state index is 12.4. The Labute approximate surface area is 160 Å². The normalized spacial score (nSPS) is 11.5. The molecule has 0 saturated heterocycles. The van der Waals surface area contributed by atoms with Gasteiger partial charge in [0.05, 0.1) is 5.75 Å². The summed E-state index contributed by atoms with van der Waals surface area (Å²) in [5, 5.41) is 6.62. The van der Waals surface area contributed by atoms with E-state index in [1.807, 2.05) is 32.2 Å². The fraction of sp³-hybridized carbons (Fsp3) is 0.263. The van der Waals surface area contributed by atoms with Crippen molar-refractivity contribution in [3.8, 4) is 0 Å². The molecule has 5 nitrogen and oxygen atoms in total. The quantitative estimate of drug-likeness (QED) is 0.393. The lowest BCUT2D eigenvalue weighted by Crippen LogP contribution is -2.27. The van der Waals surface area contributed by atoms with E-state index in [-0.39, 0.29) is 11.7 Å². The van der Waals surface area contributed by atoms with E-state index in [0.717, 1.165) is 15.2 Å². The van der Waals surface area contributed by atoms with E-state index in [9.17, 15) is 9.59 Å². The van der Waals surface area contributed by atoms with Gasteiger partial charge in [0.25, 0.3) is 0 Å². The summed E-state index contributed by atoms with van der Waals surface area (Å²) in [5.41, 5.74) is 0.835. The number of hydrogen-bond acceptors (Lipinski definition) is 6. The van der Waals surface area contributed by atoms with Crippen molar-refractivity contribution in [1.29, 1.82) is 0 Å². The molecule has 0 radical (unpaired) electrons. The molecule has 3 rings (SSSR count). The number of rotatable bonds is 5. The molecule has 1 amide bonds. The van der Waals surface area contributed by atoms with Gasteiger partial charge in [-0.15, -0.1) is 11.3 Å². The molecule has 26 heavy (non-hydrogen) atoms. The lowest BCUT2D eigenvalue weighted by atomic mass is 9.95. The van der Waals surface area contributed by atoms with Gasteiger partial charge in [0.15, 0.2) is 5.78 Å². The van der Waals surface area contributed by atoms with Crippen LogP contribution in [0.4, 0.5) is 5.69 Å². The van der Waals surface area contributed by atoms with Gasteiger partial charge in [-0.1, -0.05) is 32.5 Å². The van der Waals surface area contributed by atoms with Crippen LogP contribution in [0.1, 0.15) is 31.1 Å². The summed E-state index contributed by atoms with van der Waals surface area (Å²) >= 11 is 2.97. The van der Waals surface area contributed by atoms with Crippen LogP contribution >= 0.6 is 23.1 Å². The number of thiophene rings is 1. The van der Waals surface area contributed by atoms with Crippen LogP contribution in [0, 0.1) is 5.41 Å². The van der Waals surface area contributed by atoms with Gasteiger partial charge in [-0.25, -0.2) is 9.97 Å². The molecule has 0 unspecified atom stereocenters. The number of Topliss-reactive ketones (excluding diaryl/α,β-unsaturated/α-hetero) is 1. The van der Waals surface area contributed by atoms with E-state index in [2.05, 4.69) is 15.3 Å². The van der Waals surface area contributed by atoms with Crippen molar-refractivity contribution in [2.75, 3.05) is 11.1 Å². The lowest BCUT2D eigenvalue weighted by Gasteiger charge is -2.17. The molecule has 2 aromatic heterocycles. The summed E-state index contributed by atoms with van der Waals surface area (Å²) in [6.45, 7) is 5.57. The summed E-state index contributed by atoms with van der Waals surface area (Å²) < 4.78 is 0. The number of hydrogen-bond donors (Lipinski definition) is 1. The summed E-state index contributed by atoms with van der Waals surface area (Å²) in [5.74, 6) is 0.261. The highest BCUT2D eigenvalue weighted by Gasteiger charge is 2.21. The van der Waals surface area contributed by atoms with Gasteiger partial charge in [-0.3, -0.25) is 9.59 Å². The smallest absolute Gasteiger partial charge is 0.229 e. The maximum atomic E-state index is 12.4. The van der Waals surface area contributed by atoms with Gasteiger partial charge in [0, 0.05) is 22.1 Å². The van der Waals surface area contributed by atoms with Crippen LogP contribution in [0.15, 0.2) is 47.1 Å². The molecule has 0 aliphatic carbocycles. The molecule has 0 bridgehead atoms. The van der Waals surface area contributed by atoms with Crippen LogP contribution in [0.25, 0.3) is 10.2 Å². The summed E-state index contributed by atoms with van der Waals surface area (Å²) in [7, 11) is 0. The first kappa shape index (κ1) is 18.5. The Balaban J connectivity index is 1.63. The first-order valence-electron chi connectivity index (χ1n) is 8.10. The number of ketones is 1. The fourth-order valence-corrected chi connectivity index (χ4v) is 3.83. The Morgan fingerprint density at radius 3 is 2.54 bits per heavy atom. The lowest BCUT2D eigenvalue weighted by molar-refractivity contribution is -0.123. The van der Waals surface area contributed by atoms with Crippen LogP contribution in [0.2, 0.25) is 0 Å². The van der Waals surface area contributed by atoms with Crippen LogP contribution in [-0.2, 0) is 4.79 Å². The number of fused-ring (bicyclic) bond motifs is 1. The molecule has 0 aliphatic heterocycles. The molecule has 3 aromatic rings. The van der Waals surface area contributed by atoms with E-state index < -0.39 is 5.41 Å². The number of carbonyl (C=O) groups excluding carboxylic acids is 2. The Morgan fingerprint density at radius 2 is 1.85 bits per heavy atom. The van der Waals surface area contributed by atoms with Gasteiger partial charge in [0.1, 0.15) is 16.2 Å². The second-order valence-corrected chi connectivity index (χ2v) is 8.67. The highest BCUT2D eigenvalue weighted by molar-refractivity contribution is 8.00. The number of anilines is 1. The molecule has 1 N–H and O–H groups in total. The number of benzene rings is 1. The van der Waals surface area contributed by atoms with Gasteiger partial charge in [0.2, 0.25) is 5.91 Å². The molecule has 0 fully saturated rings. The maximum Gasteiger partial charge on any atom is 0.229 e. The Hall–Kier alpha value is -2.25. The first-order chi connectivity index (χ1) is 12.3. The third-order valence-electron chi connectivity index (χ3n) is 3.71. The fourth-order valence-electron chi connectivity index (χ4n) is 2.16. The Morgan fingerprint density at radius 1 is 1.12 bits per heavy atom. The van der Waals surface area contributed by atoms with Crippen LogP contribution in [0.5, 0.6) is 0 Å². The molecular weight excluding hydrogens is 366 g/mol. The first-order valence-corrected chi connectivity index (χ1v) is 9.97. The molecule has 7 heteroatoms. The van der Waals surface area contributed by atoms with Gasteiger partial charge in [-0.05, 0) is 35.7 Å². The molecule has 134 valence electrons. The standard InChI is InChI=1S/C19H19N3O2S2/c1-19(2,3)18(24)22-13-6-4-12(5-7-13)15(23)10-26-17-14-8-9-25-16(14)20-11-21-17/h4-9,11H,10H2,1-3H3,(H,22,24). The number of nitrogens with zero attached hydrogens (tertiary/aromatic N) is 2. The van der Waals surface area contributed by atoms with Crippen molar-refractivity contribution in [2.45, 2.75) is 25.8 Å². The minimum Gasteiger partial charge on any atom is -0.326 e. The molecule has 0 atom stereocenters. The average molecular weight is 386 g/mol. The van der Waals surface area contributed by atoms with Crippen LogP contribution in [0.3, 0.4) is 0 Å². The molecule has 0 aliphatic rings. The molecule has 0 spiro atoms. The molecular formula is C19H19N3O2S2. The van der Waals surface area contributed by atoms with Gasteiger partial charge >= 0.3 is 0 Å². The van der Waals surface area contributed by atoms with Crippen molar-refractivity contribution in [3.05, 3.63) is 47.6 Å². The Bertz CT molecular complexity index is 943. The van der Waals surface area contributed by atoms with E-state index in [0.29, 0.717) is 17.0 Å². The number of aromatic nitrogens is 2. The topological polar surface area (TPSA) is 72.0 Å². The summed E-state index contributed by atoms with van der Waals surface area (Å²) in [6.07, 6.45) is 1.53. The average Bonchev–Trinajstić information content (AvgIpc) is 3.08. The predicted octanol–water partition coefficient (Wildman–Crippen LogP) is 4.65. The van der Waals surface area contributed by atoms with E-state index >= 15 is 0 Å². The zero-order valence-electron chi connectivity index (χ0n) is 14.8. The zero-order chi connectivity index (χ0) is 18.7. The van der Waals surface area contributed by atoms with Crippen molar-refractivity contribution in [1.82, 2.24) is 9.97 Å². The second kappa shape index (κ2) is 7.55. The highest BCUT2D eigenvalue weighted by Crippen LogP contribution is 2.28. The second-order valence-electron chi connectivity index (χ2n) is 6.81. The molecule has 2 heterocycles. The Kier molecular flexibility index (Phi) is 5.38. The minimum atomic E-state index is -0.463. The largest absolute Gasteiger partial charge is 0.326 e.